The normalized spacial score (nSPS) is 21.3. The van der Waals surface area contributed by atoms with Crippen LogP contribution in [-0.2, 0) is 15.8 Å². The Morgan fingerprint density at radius 3 is 2.72 bits per heavy atom. The van der Waals surface area contributed by atoms with E-state index in [-0.39, 0.29) is 23.6 Å². The van der Waals surface area contributed by atoms with Crippen LogP contribution in [0, 0.1) is 0 Å². The van der Waals surface area contributed by atoms with Gasteiger partial charge in [-0.1, -0.05) is 17.8 Å². The molecule has 1 amide bonds. The third-order valence-corrected chi connectivity index (χ3v) is 6.66. The molecule has 1 aromatic carbocycles. The number of thioether (sulfide) groups is 1. The van der Waals surface area contributed by atoms with Crippen molar-refractivity contribution < 1.29 is 22.8 Å². The van der Waals surface area contributed by atoms with E-state index in [4.69, 9.17) is 0 Å². The number of carbonyl (C=O) groups excluding carboxylic acids is 2. The molecule has 1 unspecified atom stereocenters. The van der Waals surface area contributed by atoms with Gasteiger partial charge in [0, 0.05) is 49.4 Å². The molecule has 0 radical (unpaired) electrons. The molecule has 3 aliphatic rings. The number of benzene rings is 1. The first-order valence-electron chi connectivity index (χ1n) is 10.4. The van der Waals surface area contributed by atoms with Crippen molar-refractivity contribution in [2.75, 3.05) is 44.2 Å². The zero-order valence-corrected chi connectivity index (χ0v) is 18.1. The number of anilines is 1. The van der Waals surface area contributed by atoms with Gasteiger partial charge in [-0.05, 0) is 36.8 Å². The zero-order chi connectivity index (χ0) is 22.7. The molecule has 1 saturated heterocycles. The van der Waals surface area contributed by atoms with Crippen LogP contribution in [0.3, 0.4) is 0 Å². The monoisotopic (exact) mass is 464 g/mol. The average Bonchev–Trinajstić information content (AvgIpc) is 3.15. The number of aliphatic imine (C=N–C) groups is 1. The summed E-state index contributed by atoms with van der Waals surface area (Å²) in [6, 6.07) is 5.34. The largest absolute Gasteiger partial charge is 0.416 e. The van der Waals surface area contributed by atoms with Crippen LogP contribution >= 0.6 is 11.8 Å². The third-order valence-electron chi connectivity index (χ3n) is 5.47. The molecule has 2 aliphatic heterocycles. The number of carbonyl (C=O) groups is 2. The highest BCUT2D eigenvalue weighted by atomic mass is 32.2. The maximum Gasteiger partial charge on any atom is 0.416 e. The summed E-state index contributed by atoms with van der Waals surface area (Å²) in [6.45, 7) is 3.07. The number of allylic oxidation sites excluding steroid dienone is 4. The highest BCUT2D eigenvalue weighted by Crippen LogP contribution is 2.35. The van der Waals surface area contributed by atoms with Crippen LogP contribution in [0.4, 0.5) is 18.9 Å². The summed E-state index contributed by atoms with van der Waals surface area (Å²) in [4.78, 5) is 33.0. The van der Waals surface area contributed by atoms with Crippen LogP contribution < -0.4 is 10.2 Å². The lowest BCUT2D eigenvalue weighted by atomic mass is 10.1. The Balaban J connectivity index is 1.18. The van der Waals surface area contributed by atoms with E-state index in [1.54, 1.807) is 18.2 Å². The van der Waals surface area contributed by atoms with E-state index in [1.165, 1.54) is 30.0 Å². The summed E-state index contributed by atoms with van der Waals surface area (Å²) in [5.41, 5.74) is 0.719. The Hall–Kier alpha value is -2.59. The minimum absolute atomic E-state index is 0.0110. The Bertz CT molecular complexity index is 982. The van der Waals surface area contributed by atoms with Crippen LogP contribution in [0.2, 0.25) is 0 Å². The molecule has 1 aromatic rings. The van der Waals surface area contributed by atoms with Gasteiger partial charge in [-0.2, -0.15) is 13.2 Å². The van der Waals surface area contributed by atoms with Gasteiger partial charge < -0.3 is 10.2 Å². The number of hydrogen-bond donors (Lipinski definition) is 1. The fraction of sp³-hybridized carbons (Fsp3) is 0.409. The number of ketones is 1. The van der Waals surface area contributed by atoms with Crippen molar-refractivity contribution in [2.24, 2.45) is 4.99 Å². The molecule has 32 heavy (non-hydrogen) atoms. The first-order chi connectivity index (χ1) is 15.3. The predicted octanol–water partition coefficient (Wildman–Crippen LogP) is 2.87. The molecule has 10 heteroatoms. The Morgan fingerprint density at radius 2 is 1.97 bits per heavy atom. The molecule has 1 atom stereocenters. The summed E-state index contributed by atoms with van der Waals surface area (Å²) in [5, 5.41) is 2.90. The number of rotatable bonds is 6. The molecule has 170 valence electrons. The van der Waals surface area contributed by atoms with E-state index in [1.807, 2.05) is 9.80 Å². The van der Waals surface area contributed by atoms with E-state index in [0.29, 0.717) is 44.8 Å². The lowest BCUT2D eigenvalue weighted by molar-refractivity contribution is -0.137. The molecule has 1 N–H and O–H groups in total. The number of amides is 1. The lowest BCUT2D eigenvalue weighted by Crippen LogP contribution is -2.49. The van der Waals surface area contributed by atoms with Crippen molar-refractivity contribution in [2.45, 2.75) is 18.0 Å². The second-order valence-electron chi connectivity index (χ2n) is 7.78. The van der Waals surface area contributed by atoms with Crippen molar-refractivity contribution in [1.82, 2.24) is 10.2 Å². The van der Waals surface area contributed by atoms with E-state index < -0.39 is 11.7 Å². The Kier molecular flexibility index (Phi) is 6.71. The molecule has 1 fully saturated rings. The second-order valence-corrected chi connectivity index (χ2v) is 9.00. The van der Waals surface area contributed by atoms with Gasteiger partial charge in [0.05, 0.1) is 17.8 Å². The van der Waals surface area contributed by atoms with E-state index in [2.05, 4.69) is 10.3 Å². The highest BCUT2D eigenvalue weighted by Gasteiger charge is 2.31. The number of piperazine rings is 1. The number of nitrogens with zero attached hydrogens (tertiary/aromatic N) is 3. The van der Waals surface area contributed by atoms with Crippen molar-refractivity contribution in [3.8, 4) is 0 Å². The van der Waals surface area contributed by atoms with Gasteiger partial charge in [0.1, 0.15) is 5.37 Å². The average molecular weight is 465 g/mol. The summed E-state index contributed by atoms with van der Waals surface area (Å²) in [6.07, 6.45) is 1.12. The van der Waals surface area contributed by atoms with Gasteiger partial charge in [-0.15, -0.1) is 0 Å². The van der Waals surface area contributed by atoms with Gasteiger partial charge in [0.15, 0.2) is 5.78 Å². The van der Waals surface area contributed by atoms with E-state index in [0.717, 1.165) is 16.7 Å². The van der Waals surface area contributed by atoms with Crippen LogP contribution in [0.5, 0.6) is 0 Å². The predicted molar refractivity (Wildman–Crippen MR) is 119 cm³/mol. The molecule has 0 aromatic heterocycles. The summed E-state index contributed by atoms with van der Waals surface area (Å²) >= 11 is 1.53. The first-order valence-corrected chi connectivity index (χ1v) is 11.3. The highest BCUT2D eigenvalue weighted by molar-refractivity contribution is 8.05. The fourth-order valence-electron chi connectivity index (χ4n) is 3.78. The fourth-order valence-corrected chi connectivity index (χ4v) is 4.90. The van der Waals surface area contributed by atoms with Crippen molar-refractivity contribution in [3.05, 3.63) is 53.0 Å². The van der Waals surface area contributed by atoms with Crippen LogP contribution in [0.1, 0.15) is 12.0 Å². The molecular weight excluding hydrogens is 441 g/mol. The van der Waals surface area contributed by atoms with Gasteiger partial charge in [-0.25, -0.2) is 0 Å². The first kappa shape index (κ1) is 22.6. The second kappa shape index (κ2) is 9.50. The lowest BCUT2D eigenvalue weighted by Gasteiger charge is -2.36. The number of alkyl halides is 3. The van der Waals surface area contributed by atoms with Crippen LogP contribution in [0.15, 0.2) is 52.4 Å². The number of nitrogens with one attached hydrogen (secondary N) is 1. The number of fused-ring (bicyclic) bond motifs is 1. The van der Waals surface area contributed by atoms with Gasteiger partial charge in [0.25, 0.3) is 0 Å². The molecule has 2 heterocycles. The van der Waals surface area contributed by atoms with Crippen molar-refractivity contribution >= 4 is 34.9 Å². The maximum absolute atomic E-state index is 12.9. The van der Waals surface area contributed by atoms with Gasteiger partial charge >= 0.3 is 6.18 Å². The molecule has 6 nitrogen and oxygen atoms in total. The Morgan fingerprint density at radius 1 is 1.19 bits per heavy atom. The molecule has 4 rings (SSSR count). The maximum atomic E-state index is 12.9. The van der Waals surface area contributed by atoms with Gasteiger partial charge in [-0.3, -0.25) is 19.5 Å². The molecule has 0 bridgehead atoms. The van der Waals surface area contributed by atoms with Crippen LogP contribution in [0.25, 0.3) is 0 Å². The van der Waals surface area contributed by atoms with Crippen molar-refractivity contribution in [1.29, 1.82) is 0 Å². The minimum atomic E-state index is -4.36. The van der Waals surface area contributed by atoms with Crippen molar-refractivity contribution in [3.63, 3.8) is 0 Å². The van der Waals surface area contributed by atoms with E-state index in [9.17, 15) is 22.8 Å². The zero-order valence-electron chi connectivity index (χ0n) is 17.3. The Labute approximate surface area is 188 Å². The quantitative estimate of drug-likeness (QED) is 0.656. The summed E-state index contributed by atoms with van der Waals surface area (Å²) in [7, 11) is 0. The summed E-state index contributed by atoms with van der Waals surface area (Å²) < 4.78 is 38.8. The smallest absolute Gasteiger partial charge is 0.369 e. The SMILES string of the molecule is O=C1C=CC2=NC(CCNC(=O)CN3CCN(c4cccc(C(F)(F)F)c4)CC3)SC2=C1. The molecule has 1 aliphatic carbocycles. The number of hydrogen-bond acceptors (Lipinski definition) is 6. The van der Waals surface area contributed by atoms with Gasteiger partial charge in [0.2, 0.25) is 5.91 Å². The summed E-state index contributed by atoms with van der Waals surface area (Å²) in [5.74, 6) is -0.117. The topological polar surface area (TPSA) is 65.0 Å². The molecular formula is C22H23F3N4O2S. The molecule has 0 spiro atoms. The minimum Gasteiger partial charge on any atom is -0.369 e. The molecule has 0 saturated carbocycles. The third kappa shape index (κ3) is 5.60. The number of halogens is 3. The standard InChI is InChI=1S/C22H23F3N4O2S/c23-22(24,25)15-2-1-3-16(12-15)29-10-8-28(9-11-29)14-20(31)26-7-6-21-27-18-5-4-17(30)13-19(18)32-21/h1-5,12-13,21H,6-11,14H2,(H,26,31). The van der Waals surface area contributed by atoms with Crippen LogP contribution in [-0.4, -0.2) is 66.9 Å². The van der Waals surface area contributed by atoms with E-state index >= 15 is 0 Å².